The summed E-state index contributed by atoms with van der Waals surface area (Å²) in [5.74, 6) is 0.381. The topological polar surface area (TPSA) is 75.4 Å². The van der Waals surface area contributed by atoms with Gasteiger partial charge in [-0.1, -0.05) is 63.2 Å². The lowest BCUT2D eigenvalue weighted by molar-refractivity contribution is -0.139. The summed E-state index contributed by atoms with van der Waals surface area (Å²) in [5, 5.41) is 6.59. The van der Waals surface area contributed by atoms with Crippen LogP contribution < -0.4 is 5.32 Å². The lowest BCUT2D eigenvalue weighted by atomic mass is 10.1. The van der Waals surface area contributed by atoms with E-state index in [1.807, 2.05) is 71.9 Å². The minimum Gasteiger partial charge on any atom is -0.365 e. The fourth-order valence-corrected chi connectivity index (χ4v) is 3.21. The molecule has 6 nitrogen and oxygen atoms in total. The summed E-state index contributed by atoms with van der Waals surface area (Å²) in [6.45, 7) is 12.6. The van der Waals surface area contributed by atoms with Crippen LogP contribution in [0.5, 0.6) is 0 Å². The van der Waals surface area contributed by atoms with E-state index in [0.717, 1.165) is 24.1 Å². The van der Waals surface area contributed by atoms with Crippen molar-refractivity contribution in [2.45, 2.75) is 72.9 Å². The Kier molecular flexibility index (Phi) is 11.5. The second-order valence-electron chi connectivity index (χ2n) is 7.62. The second-order valence-corrected chi connectivity index (χ2v) is 7.62. The molecule has 2 heterocycles. The molecular formula is C24H37N3O3. The van der Waals surface area contributed by atoms with Crippen LogP contribution in [0.25, 0.3) is 0 Å². The second kappa shape index (κ2) is 13.6. The molecule has 1 N–H and O–H groups in total. The molecule has 0 aliphatic carbocycles. The first-order chi connectivity index (χ1) is 14.4. The number of likely N-dealkylation sites (tertiary alicyclic amines) is 1. The summed E-state index contributed by atoms with van der Waals surface area (Å²) in [4.78, 5) is 26.6. The highest BCUT2D eigenvalue weighted by atomic mass is 16.5. The first-order valence-electron chi connectivity index (χ1n) is 10.9. The fourth-order valence-electron chi connectivity index (χ4n) is 3.21. The van der Waals surface area contributed by atoms with E-state index in [1.54, 1.807) is 17.2 Å². The molecule has 0 bridgehead atoms. The number of benzene rings is 1. The van der Waals surface area contributed by atoms with Crippen LogP contribution in [0.1, 0.15) is 71.2 Å². The van der Waals surface area contributed by atoms with Gasteiger partial charge in [0.25, 0.3) is 0 Å². The number of amides is 2. The molecule has 1 aliphatic rings. The fraction of sp³-hybridized carbons (Fsp3) is 0.542. The zero-order chi connectivity index (χ0) is 22.5. The third-order valence-corrected chi connectivity index (χ3v) is 4.68. The van der Waals surface area contributed by atoms with E-state index in [9.17, 15) is 9.59 Å². The van der Waals surface area contributed by atoms with Crippen LogP contribution in [-0.4, -0.2) is 34.5 Å². The highest BCUT2D eigenvalue weighted by Crippen LogP contribution is 2.21. The quantitative estimate of drug-likeness (QED) is 0.753. The van der Waals surface area contributed by atoms with Gasteiger partial charge in [-0.05, 0) is 38.2 Å². The molecule has 2 amide bonds. The lowest BCUT2D eigenvalue weighted by Crippen LogP contribution is -2.46. The van der Waals surface area contributed by atoms with Gasteiger partial charge in [-0.25, -0.2) is 0 Å². The molecule has 1 aliphatic heterocycles. The van der Waals surface area contributed by atoms with Crippen molar-refractivity contribution in [1.82, 2.24) is 15.4 Å². The summed E-state index contributed by atoms with van der Waals surface area (Å²) in [6.07, 6.45) is 3.73. The van der Waals surface area contributed by atoms with Gasteiger partial charge in [-0.2, -0.15) is 0 Å². The highest BCUT2D eigenvalue weighted by molar-refractivity contribution is 5.88. The molecule has 0 saturated carbocycles. The van der Waals surface area contributed by atoms with Gasteiger partial charge in [0.05, 0.1) is 11.7 Å². The number of nitrogens with zero attached hydrogens (tertiary/aromatic N) is 2. The van der Waals surface area contributed by atoms with Gasteiger partial charge in [-0.3, -0.25) is 9.59 Å². The normalized spacial score (nSPS) is 16.1. The number of hydrogen-bond donors (Lipinski definition) is 1. The first kappa shape index (κ1) is 25.4. The molecule has 3 rings (SSSR count). The number of nitrogens with one attached hydrogen (secondary N) is 1. The molecule has 0 spiro atoms. The standard InChI is InChI=1S/C18H26N2O2.C4H5NO.C2H6/c1-13(2)12-17(21)20-11-7-10-16(20)18(22)19-14(3)15-8-5-4-6-9-15;1-4-2-3-6-5-4;1-2/h4-6,8-9,13-14,16H,7,10-12H2,1-3H3,(H,19,22);2-3H,1H3;1-2H3. The average Bonchev–Trinajstić information content (AvgIpc) is 3.41. The molecule has 166 valence electrons. The molecule has 2 aromatic rings. The Balaban J connectivity index is 0.000000474. The van der Waals surface area contributed by atoms with Crippen LogP contribution in [-0.2, 0) is 9.59 Å². The van der Waals surface area contributed by atoms with Gasteiger partial charge in [0.15, 0.2) is 0 Å². The van der Waals surface area contributed by atoms with Gasteiger partial charge in [0.2, 0.25) is 11.8 Å². The third-order valence-electron chi connectivity index (χ3n) is 4.68. The molecular weight excluding hydrogens is 378 g/mol. The summed E-state index contributed by atoms with van der Waals surface area (Å²) in [6, 6.07) is 11.3. The van der Waals surface area contributed by atoms with Crippen molar-refractivity contribution in [3.8, 4) is 0 Å². The number of carbonyl (C=O) groups excluding carboxylic acids is 2. The van der Waals surface area contributed by atoms with Gasteiger partial charge >= 0.3 is 0 Å². The number of aryl methyl sites for hydroxylation is 1. The van der Waals surface area contributed by atoms with E-state index in [0.29, 0.717) is 18.9 Å². The largest absolute Gasteiger partial charge is 0.365 e. The zero-order valence-electron chi connectivity index (χ0n) is 19.2. The highest BCUT2D eigenvalue weighted by Gasteiger charge is 2.34. The van der Waals surface area contributed by atoms with E-state index < -0.39 is 0 Å². The molecule has 1 aromatic carbocycles. The van der Waals surface area contributed by atoms with Crippen LogP contribution in [0.4, 0.5) is 0 Å². The van der Waals surface area contributed by atoms with Crippen LogP contribution in [0.15, 0.2) is 47.2 Å². The first-order valence-corrected chi connectivity index (χ1v) is 10.9. The average molecular weight is 416 g/mol. The zero-order valence-corrected chi connectivity index (χ0v) is 19.2. The van der Waals surface area contributed by atoms with Crippen molar-refractivity contribution >= 4 is 11.8 Å². The predicted octanol–water partition coefficient (Wildman–Crippen LogP) is 4.91. The number of aromatic nitrogens is 1. The number of carbonyl (C=O) groups is 2. The van der Waals surface area contributed by atoms with Crippen molar-refractivity contribution < 1.29 is 14.1 Å². The predicted molar refractivity (Wildman–Crippen MR) is 120 cm³/mol. The molecule has 2 unspecified atom stereocenters. The maximum atomic E-state index is 12.5. The Morgan fingerprint density at radius 1 is 1.17 bits per heavy atom. The van der Waals surface area contributed by atoms with Crippen molar-refractivity contribution in [2.75, 3.05) is 6.54 Å². The Morgan fingerprint density at radius 2 is 1.83 bits per heavy atom. The Hall–Kier alpha value is -2.63. The van der Waals surface area contributed by atoms with Gasteiger partial charge < -0.3 is 14.7 Å². The van der Waals surface area contributed by atoms with Crippen LogP contribution in [0.2, 0.25) is 0 Å². The molecule has 1 aromatic heterocycles. The van der Waals surface area contributed by atoms with Gasteiger partial charge in [0, 0.05) is 19.0 Å². The molecule has 0 radical (unpaired) electrons. The van der Waals surface area contributed by atoms with E-state index >= 15 is 0 Å². The Bertz CT molecular complexity index is 729. The maximum absolute atomic E-state index is 12.5. The van der Waals surface area contributed by atoms with Crippen molar-refractivity contribution in [3.05, 3.63) is 53.9 Å². The van der Waals surface area contributed by atoms with Crippen molar-refractivity contribution in [1.29, 1.82) is 0 Å². The Labute approximate surface area is 181 Å². The smallest absolute Gasteiger partial charge is 0.243 e. The van der Waals surface area contributed by atoms with E-state index in [2.05, 4.69) is 15.0 Å². The summed E-state index contributed by atoms with van der Waals surface area (Å²) in [7, 11) is 0. The molecule has 1 saturated heterocycles. The minimum atomic E-state index is -0.308. The SMILES string of the molecule is CC.CC(C)CC(=O)N1CCCC1C(=O)NC(C)c1ccccc1.Cc1ccon1. The van der Waals surface area contributed by atoms with E-state index in [1.165, 1.54) is 0 Å². The van der Waals surface area contributed by atoms with Gasteiger partial charge in [-0.15, -0.1) is 0 Å². The summed E-state index contributed by atoms with van der Waals surface area (Å²) >= 11 is 0. The molecule has 30 heavy (non-hydrogen) atoms. The summed E-state index contributed by atoms with van der Waals surface area (Å²) in [5.41, 5.74) is 2.00. The van der Waals surface area contributed by atoms with Crippen LogP contribution in [0, 0.1) is 12.8 Å². The van der Waals surface area contributed by atoms with Crippen molar-refractivity contribution in [2.24, 2.45) is 5.92 Å². The lowest BCUT2D eigenvalue weighted by Gasteiger charge is -2.26. The monoisotopic (exact) mass is 415 g/mol. The number of hydrogen-bond acceptors (Lipinski definition) is 4. The van der Waals surface area contributed by atoms with Crippen LogP contribution >= 0.6 is 0 Å². The molecule has 2 atom stereocenters. The van der Waals surface area contributed by atoms with Crippen LogP contribution in [0.3, 0.4) is 0 Å². The number of rotatable bonds is 5. The summed E-state index contributed by atoms with van der Waals surface area (Å²) < 4.78 is 4.46. The van der Waals surface area contributed by atoms with Gasteiger partial charge in [0.1, 0.15) is 12.3 Å². The van der Waals surface area contributed by atoms with E-state index in [4.69, 9.17) is 0 Å². The Morgan fingerprint density at radius 3 is 2.33 bits per heavy atom. The van der Waals surface area contributed by atoms with E-state index in [-0.39, 0.29) is 23.9 Å². The molecule has 6 heteroatoms. The third kappa shape index (κ3) is 8.39. The maximum Gasteiger partial charge on any atom is 0.243 e. The molecule has 1 fully saturated rings. The minimum absolute atomic E-state index is 0.0361. The van der Waals surface area contributed by atoms with Crippen molar-refractivity contribution in [3.63, 3.8) is 0 Å².